The van der Waals surface area contributed by atoms with E-state index in [4.69, 9.17) is 19.3 Å². The Morgan fingerprint density at radius 2 is 1.05 bits per heavy atom. The molecule has 0 aromatic heterocycles. The predicted octanol–water partition coefficient (Wildman–Crippen LogP) is 10.2. The van der Waals surface area contributed by atoms with E-state index in [1.807, 2.05) is 54.6 Å². The minimum absolute atomic E-state index is 0. The predicted molar refractivity (Wildman–Crippen MR) is 245 cm³/mol. The van der Waals surface area contributed by atoms with Gasteiger partial charge in [-0.25, -0.2) is 4.79 Å². The summed E-state index contributed by atoms with van der Waals surface area (Å²) in [6.45, 7) is 27.7. The lowest BCUT2D eigenvalue weighted by molar-refractivity contribution is -0.118. The molecule has 3 aromatic rings. The van der Waals surface area contributed by atoms with Gasteiger partial charge in [0.2, 0.25) is 11.8 Å². The molecule has 0 unspecified atom stereocenters. The van der Waals surface area contributed by atoms with E-state index in [0.29, 0.717) is 13.2 Å². The number of alkyl carbamates (subject to hydrolysis) is 1. The van der Waals surface area contributed by atoms with Gasteiger partial charge in [0.15, 0.2) is 16.6 Å². The topological polar surface area (TPSA) is 123 Å². The Morgan fingerprint density at radius 1 is 0.649 bits per heavy atom. The number of carbonyl (C=O) groups is 3. The van der Waals surface area contributed by atoms with Gasteiger partial charge in [0.05, 0.1) is 19.8 Å². The zero-order valence-corrected chi connectivity index (χ0v) is 38.7. The molecule has 0 bridgehead atoms. The van der Waals surface area contributed by atoms with Gasteiger partial charge in [-0.3, -0.25) is 9.59 Å². The van der Waals surface area contributed by atoms with Crippen LogP contribution in [-0.4, -0.2) is 61.7 Å². The number of nitrogens with one attached hydrogen (secondary N) is 1. The van der Waals surface area contributed by atoms with Gasteiger partial charge in [-0.1, -0.05) is 105 Å². The van der Waals surface area contributed by atoms with Crippen LogP contribution in [0, 0.1) is 0 Å². The fourth-order valence-corrected chi connectivity index (χ4v) is 6.80. The zero-order valence-electron chi connectivity index (χ0n) is 36.7. The molecule has 0 saturated heterocycles. The number of likely N-dealkylation sites (N-methyl/N-ethyl adjacent to an activating group) is 2. The highest BCUT2D eigenvalue weighted by Crippen LogP contribution is 2.38. The first-order valence-corrected chi connectivity index (χ1v) is 25.5. The van der Waals surface area contributed by atoms with Gasteiger partial charge in [0.1, 0.15) is 13.2 Å². The number of aryl methyl sites for hydroxylation is 2. The van der Waals surface area contributed by atoms with Crippen LogP contribution in [-0.2, 0) is 55.8 Å². The lowest BCUT2D eigenvalue weighted by atomic mass is 10.1. The molecule has 0 spiro atoms. The molecule has 0 fully saturated rings. The number of anilines is 2. The number of nitrogens with two attached hydrogens (primary N) is 1. The van der Waals surface area contributed by atoms with Crippen LogP contribution in [0.3, 0.4) is 0 Å². The summed E-state index contributed by atoms with van der Waals surface area (Å²) in [7, 11) is -0.189. The number of nitrogens with zero attached hydrogens (tertiary/aromatic N) is 2. The van der Waals surface area contributed by atoms with Gasteiger partial charge in [-0.05, 0) is 101 Å². The molecular formula is C45H76N4O6Si2. The van der Waals surface area contributed by atoms with Crippen LogP contribution in [0.1, 0.15) is 92.1 Å². The minimum atomic E-state index is -1.88. The molecule has 3 aromatic carbocycles. The molecule has 10 nitrogen and oxygen atoms in total. The average Bonchev–Trinajstić information content (AvgIpc) is 3.16. The van der Waals surface area contributed by atoms with Gasteiger partial charge in [-0.2, -0.15) is 0 Å². The second-order valence-corrected chi connectivity index (χ2v) is 27.0. The van der Waals surface area contributed by atoms with Gasteiger partial charge < -0.3 is 34.4 Å². The van der Waals surface area contributed by atoms with E-state index in [2.05, 4.69) is 99.0 Å². The maximum atomic E-state index is 12.7. The van der Waals surface area contributed by atoms with Crippen molar-refractivity contribution in [2.45, 2.75) is 132 Å². The van der Waals surface area contributed by atoms with Crippen molar-refractivity contribution in [2.75, 3.05) is 37.0 Å². The molecule has 0 aliphatic heterocycles. The van der Waals surface area contributed by atoms with E-state index < -0.39 is 22.7 Å². The van der Waals surface area contributed by atoms with E-state index in [0.717, 1.165) is 46.5 Å². The third kappa shape index (κ3) is 16.2. The molecule has 57 heavy (non-hydrogen) atoms. The summed E-state index contributed by atoms with van der Waals surface area (Å²) in [4.78, 5) is 39.7. The smallest absolute Gasteiger partial charge is 0.407 e. The number of carbonyl (C=O) groups excluding carboxylic acids is 3. The first-order chi connectivity index (χ1) is 25.9. The summed E-state index contributed by atoms with van der Waals surface area (Å²) >= 11 is 0. The lowest BCUT2D eigenvalue weighted by Crippen LogP contribution is -2.40. The molecule has 0 heterocycles. The van der Waals surface area contributed by atoms with Gasteiger partial charge >= 0.3 is 6.09 Å². The number of rotatable bonds is 15. The van der Waals surface area contributed by atoms with Crippen LogP contribution >= 0.6 is 0 Å². The molecule has 3 amide bonds. The Kier molecular flexibility index (Phi) is 20.1. The maximum absolute atomic E-state index is 12.7. The number of benzene rings is 3. The van der Waals surface area contributed by atoms with Crippen molar-refractivity contribution in [2.24, 2.45) is 5.73 Å². The standard InChI is InChI=1S/C26H38N2O4Si.C18H32N2O2Si.CH4.H2/c1-8-20-14-22(19-32-33(6,7)26(2,3)4)16-23(15-20)28(5)24(29)17-27-25(30)31-18-21-12-10-9-11-13-21;1-8-14-9-15(13-22-23(6,7)18(2,3)4)11-16(10-14)20(5)17(21)12-19;;/h9-16H,8,17-19H2,1-7H3,(H,27,30);9-11H,8,12-13,19H2,1-7H3;1H4;1H. The van der Waals surface area contributed by atoms with Gasteiger partial charge in [0.25, 0.3) is 0 Å². The van der Waals surface area contributed by atoms with Crippen molar-refractivity contribution in [3.05, 3.63) is 94.5 Å². The highest BCUT2D eigenvalue weighted by Gasteiger charge is 2.38. The van der Waals surface area contributed by atoms with Crippen molar-refractivity contribution in [3.8, 4) is 0 Å². The summed E-state index contributed by atoms with van der Waals surface area (Å²) in [5.74, 6) is -0.314. The largest absolute Gasteiger partial charge is 0.445 e. The monoisotopic (exact) mass is 825 g/mol. The van der Waals surface area contributed by atoms with E-state index in [-0.39, 0.29) is 50.4 Å². The van der Waals surface area contributed by atoms with Crippen LogP contribution in [0.25, 0.3) is 0 Å². The second-order valence-electron chi connectivity index (χ2n) is 17.3. The summed E-state index contributed by atoms with van der Waals surface area (Å²) in [6.07, 6.45) is 1.16. The molecule has 12 heteroatoms. The second kappa shape index (κ2) is 22.4. The third-order valence-electron chi connectivity index (χ3n) is 11.0. The Balaban J connectivity index is 0.00000115. The Bertz CT molecular complexity index is 1740. The molecule has 3 rings (SSSR count). The van der Waals surface area contributed by atoms with E-state index in [9.17, 15) is 14.4 Å². The summed E-state index contributed by atoms with van der Waals surface area (Å²) in [5.41, 5.74) is 12.5. The maximum Gasteiger partial charge on any atom is 0.407 e. The molecule has 0 saturated carbocycles. The third-order valence-corrected chi connectivity index (χ3v) is 20.0. The van der Waals surface area contributed by atoms with Crippen molar-refractivity contribution < 1.29 is 29.4 Å². The molecule has 0 aliphatic carbocycles. The van der Waals surface area contributed by atoms with E-state index in [1.165, 1.54) is 5.56 Å². The molecule has 3 N–H and O–H groups in total. The van der Waals surface area contributed by atoms with Crippen LogP contribution < -0.4 is 20.9 Å². The first-order valence-electron chi connectivity index (χ1n) is 19.7. The molecule has 320 valence electrons. The Hall–Kier alpha value is -3.82. The van der Waals surface area contributed by atoms with E-state index >= 15 is 0 Å². The van der Waals surface area contributed by atoms with Crippen LogP contribution in [0.5, 0.6) is 0 Å². The summed E-state index contributed by atoms with van der Waals surface area (Å²) in [6, 6.07) is 21.8. The number of hydrogen-bond acceptors (Lipinski definition) is 7. The summed E-state index contributed by atoms with van der Waals surface area (Å²) < 4.78 is 17.9. The van der Waals surface area contributed by atoms with Crippen molar-refractivity contribution >= 4 is 45.9 Å². The van der Waals surface area contributed by atoms with Crippen molar-refractivity contribution in [1.29, 1.82) is 0 Å². The van der Waals surface area contributed by atoms with Crippen molar-refractivity contribution in [1.82, 2.24) is 5.32 Å². The van der Waals surface area contributed by atoms with E-state index in [1.54, 1.807) is 23.9 Å². The summed E-state index contributed by atoms with van der Waals surface area (Å²) in [5, 5.41) is 2.85. The molecule has 0 radical (unpaired) electrons. The van der Waals surface area contributed by atoms with Gasteiger partial charge in [-0.15, -0.1) is 0 Å². The van der Waals surface area contributed by atoms with Crippen LogP contribution in [0.4, 0.5) is 16.2 Å². The molecule has 0 atom stereocenters. The molecule has 0 aliphatic rings. The number of hydrogen-bond donors (Lipinski definition) is 2. The highest BCUT2D eigenvalue weighted by atomic mass is 28.4. The highest BCUT2D eigenvalue weighted by molar-refractivity contribution is 6.74. The van der Waals surface area contributed by atoms with Crippen molar-refractivity contribution in [3.63, 3.8) is 0 Å². The Morgan fingerprint density at radius 3 is 1.44 bits per heavy atom. The number of ether oxygens (including phenoxy) is 1. The lowest BCUT2D eigenvalue weighted by Gasteiger charge is -2.36. The fourth-order valence-electron chi connectivity index (χ4n) is 4.87. The fraction of sp³-hybridized carbons (Fsp3) is 0.533. The van der Waals surface area contributed by atoms with Crippen LogP contribution in [0.15, 0.2) is 66.7 Å². The average molecular weight is 825 g/mol. The van der Waals surface area contributed by atoms with Gasteiger partial charge in [0, 0.05) is 26.9 Å². The van der Waals surface area contributed by atoms with Crippen LogP contribution in [0.2, 0.25) is 36.3 Å². The quantitative estimate of drug-likeness (QED) is 0.146. The SMILES string of the molecule is C.CCc1cc(CO[Si](C)(C)C(C)(C)C)cc(N(C)C(=O)CN)c1.CCc1cc(CO[Si](C)(C)C(C)(C)C)cc(N(C)C(=O)CNC(=O)OCc2ccccc2)c1.[HH]. The minimum Gasteiger partial charge on any atom is -0.445 e. The Labute approximate surface area is 348 Å². The zero-order chi connectivity index (χ0) is 42.5. The normalized spacial score (nSPS) is 11.8. The number of amides is 3. The molecular weight excluding hydrogens is 749 g/mol. The first kappa shape index (κ1) is 51.2.